The zero-order chi connectivity index (χ0) is 86.3. The monoisotopic (exact) mass is 1740 g/mol. The van der Waals surface area contributed by atoms with Gasteiger partial charge in [-0.15, -0.1) is 26.3 Å². The van der Waals surface area contributed by atoms with Gasteiger partial charge in [0.05, 0.1) is 34.3 Å². The van der Waals surface area contributed by atoms with Crippen LogP contribution in [0, 0.1) is 41.5 Å². The third-order valence-electron chi connectivity index (χ3n) is 19.6. The van der Waals surface area contributed by atoms with E-state index in [1.165, 1.54) is 145 Å². The number of phenolic OH excluding ortho intramolecular Hbond substituents is 2. The van der Waals surface area contributed by atoms with Crippen molar-refractivity contribution >= 4 is 105 Å². The Morgan fingerprint density at radius 1 is 0.325 bits per heavy atom. The van der Waals surface area contributed by atoms with Crippen molar-refractivity contribution in [1.82, 2.24) is 0 Å². The van der Waals surface area contributed by atoms with Crippen molar-refractivity contribution in [3.63, 3.8) is 0 Å². The fourth-order valence-electron chi connectivity index (χ4n) is 13.8. The number of methoxy groups -OCH3 is 1. The molecule has 2 unspecified atom stereocenters. The molecule has 0 fully saturated rings. The summed E-state index contributed by atoms with van der Waals surface area (Å²) in [6.45, 7) is 18.3. The minimum Gasteiger partial charge on any atom is -0.507 e. The van der Waals surface area contributed by atoms with Gasteiger partial charge in [0, 0.05) is 68.1 Å². The molecule has 0 amide bonds. The topological polar surface area (TPSA) is 66.8 Å². The lowest BCUT2D eigenvalue weighted by molar-refractivity contribution is -0.137. The Balaban J connectivity index is 0.000000153. The minimum absolute atomic E-state index is 0.0805. The number of unbranched alkanes of at least 4 members (excludes halogenated alkanes) is 3. The maximum Gasteiger partial charge on any atom is 0.586 e. The number of rotatable bonds is 19. The number of fused-ring (bicyclic) bond motifs is 5. The number of aryl methyl sites for hydroxylation is 6. The second-order valence-corrected chi connectivity index (χ2v) is 41.0. The van der Waals surface area contributed by atoms with Crippen LogP contribution in [0.2, 0.25) is 0 Å². The lowest BCUT2D eigenvalue weighted by atomic mass is 10.1. The van der Waals surface area contributed by atoms with Crippen LogP contribution in [-0.4, -0.2) is 45.6 Å². The van der Waals surface area contributed by atoms with Crippen LogP contribution < -0.4 is 10.2 Å². The highest BCUT2D eigenvalue weighted by atomic mass is 32.2. The van der Waals surface area contributed by atoms with Gasteiger partial charge < -0.3 is 14.9 Å². The molecular weight excluding hydrogens is 1640 g/mol. The van der Waals surface area contributed by atoms with Crippen LogP contribution in [0.4, 0.5) is 39.5 Å². The average molecular weight is 1740 g/mol. The Labute approximate surface area is 716 Å². The summed E-state index contributed by atoms with van der Waals surface area (Å²) in [5.41, 5.74) is -4.52. The first-order chi connectivity index (χ1) is 57.6. The number of benzene rings is 13. The summed E-state index contributed by atoms with van der Waals surface area (Å²) < 4.78 is 129. The number of halogens is 9. The van der Waals surface area contributed by atoms with E-state index in [1.54, 1.807) is 92.7 Å². The molecule has 2 atom stereocenters. The molecule has 15 rings (SSSR count). The van der Waals surface area contributed by atoms with E-state index in [9.17, 15) is 54.5 Å². The number of ether oxygens (including phenoxy) is 1. The molecule has 2 N–H and O–H groups in total. The van der Waals surface area contributed by atoms with E-state index in [1.807, 2.05) is 82.3 Å². The van der Waals surface area contributed by atoms with Crippen LogP contribution in [-0.2, 0) is 49.8 Å². The smallest absolute Gasteiger partial charge is 0.507 e. The number of aromatic hydroxyl groups is 2. The molecule has 0 saturated heterocycles. The number of hydrogen-bond donors (Lipinski definition) is 2. The van der Waals surface area contributed by atoms with Crippen molar-refractivity contribution in [1.29, 1.82) is 0 Å². The third-order valence-corrected chi connectivity index (χ3v) is 32.9. The summed E-state index contributed by atoms with van der Waals surface area (Å²) >= 11 is 0. The Morgan fingerprint density at radius 3 is 1.00 bits per heavy atom. The molecule has 622 valence electrons. The van der Waals surface area contributed by atoms with Crippen LogP contribution >= 0.6 is 20.9 Å². The minimum atomic E-state index is -4.47. The summed E-state index contributed by atoms with van der Waals surface area (Å²) in [6.07, 6.45) is 4.02. The van der Waals surface area contributed by atoms with Crippen molar-refractivity contribution in [3.8, 4) is 27.0 Å². The fraction of sp³-hybridized carbons (Fsp3) is 0.218. The van der Waals surface area contributed by atoms with Crippen LogP contribution in [0.5, 0.6) is 17.2 Å². The van der Waals surface area contributed by atoms with Crippen molar-refractivity contribution in [3.05, 3.63) is 359 Å². The van der Waals surface area contributed by atoms with Gasteiger partial charge in [0.2, 0.25) is 5.43 Å². The normalized spacial score (nSPS) is 11.9. The molecule has 13 aromatic carbocycles. The van der Waals surface area contributed by atoms with E-state index in [4.69, 9.17) is 4.74 Å². The Kier molecular flexibility index (Phi) is 33.6. The lowest BCUT2D eigenvalue weighted by Crippen LogP contribution is -2.24. The molecule has 120 heavy (non-hydrogen) atoms. The van der Waals surface area contributed by atoms with Crippen molar-refractivity contribution in [2.75, 3.05) is 24.4 Å². The van der Waals surface area contributed by atoms with Crippen molar-refractivity contribution < 1.29 is 54.5 Å². The molecule has 0 radical (unpaired) electrons. The fourth-order valence-corrected chi connectivity index (χ4v) is 27.2. The molecule has 19 heteroatoms. The predicted molar refractivity (Wildman–Crippen MR) is 494 cm³/mol. The van der Waals surface area contributed by atoms with Crippen LogP contribution in [0.1, 0.15) is 98.2 Å². The van der Waals surface area contributed by atoms with Crippen molar-refractivity contribution in [2.45, 2.75) is 152 Å². The molecule has 0 bridgehead atoms. The second-order valence-electron chi connectivity index (χ2n) is 28.5. The predicted octanol–water partition coefficient (Wildman–Crippen LogP) is 30.4. The maximum absolute atomic E-state index is 13.5. The molecule has 0 spiro atoms. The summed E-state index contributed by atoms with van der Waals surface area (Å²) in [7, 11) is -2.36. The largest absolute Gasteiger partial charge is 0.586 e. The molecule has 2 aromatic heterocycles. The quantitative estimate of drug-likeness (QED) is 0.0481. The van der Waals surface area contributed by atoms with Gasteiger partial charge in [-0.1, -0.05) is 186 Å². The van der Waals surface area contributed by atoms with Crippen LogP contribution in [0.3, 0.4) is 0 Å². The molecule has 4 nitrogen and oxygen atoms in total. The maximum atomic E-state index is 13.5. The number of thiophene rings is 1. The first-order valence-corrected chi connectivity index (χ1v) is 47.5. The Bertz CT molecular complexity index is 5630. The first-order valence-electron chi connectivity index (χ1n) is 39.7. The Hall–Kier alpha value is -9.86. The van der Waals surface area contributed by atoms with Gasteiger partial charge in [0.15, 0.2) is 84.6 Å². The highest BCUT2D eigenvalue weighted by molar-refractivity contribution is 7.98. The highest BCUT2D eigenvalue weighted by Gasteiger charge is 2.56. The van der Waals surface area contributed by atoms with Crippen LogP contribution in [0.25, 0.3) is 50.1 Å². The summed E-state index contributed by atoms with van der Waals surface area (Å²) in [5, 5.41) is 23.4. The molecule has 0 aliphatic carbocycles. The van der Waals surface area contributed by atoms with Gasteiger partial charge in [-0.25, -0.2) is 0 Å². The van der Waals surface area contributed by atoms with Gasteiger partial charge in [-0.05, 0) is 232 Å². The third kappa shape index (κ3) is 23.8. The van der Waals surface area contributed by atoms with E-state index < -0.39 is 55.0 Å². The summed E-state index contributed by atoms with van der Waals surface area (Å²) in [6, 6.07) is 94.3. The van der Waals surface area contributed by atoms with Gasteiger partial charge >= 0.3 is 17.2 Å². The van der Waals surface area contributed by atoms with Crippen molar-refractivity contribution in [2.24, 2.45) is 0 Å². The van der Waals surface area contributed by atoms with Gasteiger partial charge in [0.25, 0.3) is 0 Å². The van der Waals surface area contributed by atoms with E-state index in [2.05, 4.69) is 142 Å². The standard InChI is InChI=1S/C20H12F3OS.C20H16OS.C20H18OS.C16H16F3OS.C13H10F3S.C12H27S/c21-20(22,23)13-10-11-18-16(12-13)19(24)15-8-4-5-9-17(15)25(18)14-6-2-1-3-7-14;1-13-11-15(12-14(2)20(13)21)22-18-9-5-3-7-16(18)17-8-4-6-10-19(17)22;1-15-13-19(14-16(2)20(15)21)22(17-9-5-3-6-10-17)18-11-7-4-8-12-18;1-11-9-14(10-12(2)15(11)20-3)21(16(17,18)19)13-7-5-4-6-8-13;14-13(15,16)17(11-7-3-1-4-8-11)12-9-5-2-6-10-12;1-4-7-10-13(11-8-5-2)12-9-6-3/h1-12H;3-12H,1-2H3;3-14H,1-2H3;4-10H,1-3H3;1-10H;4-12H2,1-3H3/q+1;;;3*+1/p+2. The molecule has 2 heterocycles. The zero-order valence-corrected chi connectivity index (χ0v) is 73.8. The Morgan fingerprint density at radius 2 is 0.633 bits per heavy atom. The lowest BCUT2D eigenvalue weighted by Gasteiger charge is -2.13. The second kappa shape index (κ2) is 43.6. The highest BCUT2D eigenvalue weighted by Crippen LogP contribution is 2.51. The SMILES string of the molecule is CCCC[S+](CCCC)CCCC.COc1c(C)cc([S+](c2ccccc2)C(F)(F)F)cc1C.Cc1cc(-[s+]2c3ccccc3c3ccccc32)cc(C)c1O.Cc1cc([S+](c2ccccc2)c2ccccc2)cc(C)c1O.FC(F)(F)[S+](c1ccccc1)c1ccccc1.O=c1c2ccccc2[s+](-c2ccccc2)c2ccc(C(F)(F)F)cc12. The number of alkyl halides is 9. The molecular formula is C101H101F9O4S6+6. The van der Waals surface area contributed by atoms with E-state index in [0.29, 0.717) is 48.3 Å². The number of hydrogen-bond acceptors (Lipinski definition) is 4. The van der Waals surface area contributed by atoms with E-state index >= 15 is 0 Å². The first kappa shape index (κ1) is 92.4. The average Bonchev–Trinajstić information content (AvgIpc) is 1.21. The van der Waals surface area contributed by atoms with Gasteiger partial charge in [-0.3, -0.25) is 4.79 Å². The molecule has 0 saturated carbocycles. The molecule has 0 aliphatic rings. The molecule has 0 aliphatic heterocycles. The van der Waals surface area contributed by atoms with E-state index in [-0.39, 0.29) is 42.0 Å². The summed E-state index contributed by atoms with van der Waals surface area (Å²) in [5.74, 6) is 5.97. The van der Waals surface area contributed by atoms with Crippen LogP contribution in [0.15, 0.2) is 348 Å². The van der Waals surface area contributed by atoms with Gasteiger partial charge in [-0.2, -0.15) is 13.2 Å². The number of phenols is 2. The van der Waals surface area contributed by atoms with Gasteiger partial charge in [0.1, 0.15) is 34.5 Å². The summed E-state index contributed by atoms with van der Waals surface area (Å²) in [4.78, 5) is 20.0. The van der Waals surface area contributed by atoms with E-state index in [0.717, 1.165) is 54.9 Å². The molecule has 15 aromatic rings. The zero-order valence-electron chi connectivity index (χ0n) is 68.9.